The molecule has 0 spiro atoms. The number of nitrogens with one attached hydrogen (secondary N) is 1. The fourth-order valence-corrected chi connectivity index (χ4v) is 8.84. The smallest absolute Gasteiger partial charge is 0.238 e. The minimum absolute atomic E-state index is 0.0214. The van der Waals surface area contributed by atoms with E-state index in [1.165, 1.54) is 25.1 Å². The number of aryl methyl sites for hydroxylation is 1. The van der Waals surface area contributed by atoms with Gasteiger partial charge in [0.1, 0.15) is 5.82 Å². The first kappa shape index (κ1) is 23.8. The van der Waals surface area contributed by atoms with Crippen LogP contribution in [0.25, 0.3) is 0 Å². The average Bonchev–Trinajstić information content (AvgIpc) is 2.99. The normalized spacial score (nSPS) is 21.3. The molecule has 2 atom stereocenters. The lowest BCUT2D eigenvalue weighted by molar-refractivity contribution is 0.528. The second kappa shape index (κ2) is 8.58. The summed E-state index contributed by atoms with van der Waals surface area (Å²) in [6.45, 7) is 1.72. The molecule has 1 fully saturated rings. The molecule has 1 aliphatic heterocycles. The van der Waals surface area contributed by atoms with E-state index < -0.39 is 52.6 Å². The summed E-state index contributed by atoms with van der Waals surface area (Å²) in [6.07, 6.45) is 0.421. The van der Waals surface area contributed by atoms with Crippen molar-refractivity contribution in [3.05, 3.63) is 59.4 Å². The number of nitrogens with two attached hydrogens (primary N) is 1. The maximum absolute atomic E-state index is 13.5. The number of rotatable bonds is 7. The molecule has 170 valence electrons. The van der Waals surface area contributed by atoms with Crippen LogP contribution < -0.4 is 10.5 Å². The molecule has 2 aromatic rings. The third-order valence-corrected chi connectivity index (χ3v) is 10.3. The van der Waals surface area contributed by atoms with Crippen molar-refractivity contribution in [2.24, 2.45) is 5.14 Å². The Morgan fingerprint density at radius 2 is 1.65 bits per heavy atom. The van der Waals surface area contributed by atoms with Gasteiger partial charge in [0.2, 0.25) is 10.0 Å². The van der Waals surface area contributed by atoms with Gasteiger partial charge in [0.05, 0.1) is 26.5 Å². The average molecular weight is 491 g/mol. The van der Waals surface area contributed by atoms with Crippen molar-refractivity contribution in [1.82, 2.24) is 5.32 Å². The molecule has 31 heavy (non-hydrogen) atoms. The molecule has 3 N–H and O–H groups in total. The predicted octanol–water partition coefficient (Wildman–Crippen LogP) is 0.553. The summed E-state index contributed by atoms with van der Waals surface area (Å²) in [5.74, 6) is -1.37. The minimum atomic E-state index is -4.00. The third-order valence-electron chi connectivity index (χ3n) is 5.23. The van der Waals surface area contributed by atoms with Gasteiger partial charge in [-0.2, -0.15) is 0 Å². The lowest BCUT2D eigenvalue weighted by Gasteiger charge is -2.20. The van der Waals surface area contributed by atoms with E-state index in [9.17, 15) is 29.6 Å². The Balaban J connectivity index is 1.74. The van der Waals surface area contributed by atoms with Crippen LogP contribution in [0.1, 0.15) is 11.1 Å². The molecule has 1 aliphatic rings. The second-order valence-corrected chi connectivity index (χ2v) is 13.5. The summed E-state index contributed by atoms with van der Waals surface area (Å²) >= 11 is 0. The fraction of sp³-hybridized carbons (Fsp3) is 0.368. The largest absolute Gasteiger partial charge is 0.311 e. The highest BCUT2D eigenvalue weighted by Crippen LogP contribution is 2.27. The van der Waals surface area contributed by atoms with Crippen molar-refractivity contribution < 1.29 is 29.6 Å². The lowest BCUT2D eigenvalue weighted by atomic mass is 10.1. The van der Waals surface area contributed by atoms with Crippen LogP contribution in [0.5, 0.6) is 0 Å². The van der Waals surface area contributed by atoms with Gasteiger partial charge in [-0.15, -0.1) is 0 Å². The van der Waals surface area contributed by atoms with Crippen LogP contribution in [0.15, 0.2) is 52.3 Å². The van der Waals surface area contributed by atoms with Crippen LogP contribution in [0.2, 0.25) is 0 Å². The van der Waals surface area contributed by atoms with Crippen molar-refractivity contribution in [2.75, 3.05) is 18.1 Å². The first-order valence-corrected chi connectivity index (χ1v) is 14.3. The minimum Gasteiger partial charge on any atom is -0.311 e. The molecule has 8 nitrogen and oxygen atoms in total. The van der Waals surface area contributed by atoms with E-state index in [0.717, 1.165) is 17.7 Å². The van der Waals surface area contributed by atoms with Crippen molar-refractivity contribution >= 4 is 29.7 Å². The first-order valence-electron chi connectivity index (χ1n) is 9.35. The van der Waals surface area contributed by atoms with Gasteiger partial charge in [-0.3, -0.25) is 0 Å². The molecule has 2 unspecified atom stereocenters. The van der Waals surface area contributed by atoms with E-state index in [1.54, 1.807) is 12.1 Å². The maximum Gasteiger partial charge on any atom is 0.238 e. The molecule has 0 aliphatic carbocycles. The van der Waals surface area contributed by atoms with Crippen molar-refractivity contribution in [3.8, 4) is 0 Å². The quantitative estimate of drug-likeness (QED) is 0.540. The lowest BCUT2D eigenvalue weighted by Crippen LogP contribution is -2.44. The summed E-state index contributed by atoms with van der Waals surface area (Å²) in [6, 6.07) is 8.50. The van der Waals surface area contributed by atoms with Gasteiger partial charge in [-0.05, 0) is 61.3 Å². The van der Waals surface area contributed by atoms with Crippen LogP contribution in [0.4, 0.5) is 4.39 Å². The summed E-state index contributed by atoms with van der Waals surface area (Å²) in [5.41, 5.74) is 0.934. The molecule has 12 heteroatoms. The van der Waals surface area contributed by atoms with Crippen LogP contribution in [0, 0.1) is 12.7 Å². The van der Waals surface area contributed by atoms with Gasteiger partial charge >= 0.3 is 0 Å². The zero-order valence-electron chi connectivity index (χ0n) is 16.7. The standard InChI is InChI=1S/C19H23FN2O6S3/c1-13-10-16(6-7-17(13)20)30(25,26)19-12-29(23,24)11-18(19)22-9-8-14-2-4-15(5-3-14)31(21,27)28/h2-7,10,18-19,22H,8-9,11-12H2,1H3,(H2,21,27,28). The van der Waals surface area contributed by atoms with E-state index in [0.29, 0.717) is 6.42 Å². The molecular formula is C19H23FN2O6S3. The summed E-state index contributed by atoms with van der Waals surface area (Å²) in [5, 5.41) is 6.88. The third kappa shape index (κ3) is 5.50. The van der Waals surface area contributed by atoms with Crippen LogP contribution in [-0.2, 0) is 36.1 Å². The topological polar surface area (TPSA) is 140 Å². The Hall–Kier alpha value is -1.86. The van der Waals surface area contributed by atoms with Gasteiger partial charge < -0.3 is 5.32 Å². The van der Waals surface area contributed by atoms with Crippen molar-refractivity contribution in [1.29, 1.82) is 0 Å². The Morgan fingerprint density at radius 3 is 2.23 bits per heavy atom. The van der Waals surface area contributed by atoms with Crippen molar-refractivity contribution in [2.45, 2.75) is 34.4 Å². The maximum atomic E-state index is 13.5. The van der Waals surface area contributed by atoms with Crippen LogP contribution in [-0.4, -0.2) is 54.6 Å². The van der Waals surface area contributed by atoms with Gasteiger partial charge in [-0.25, -0.2) is 34.8 Å². The summed E-state index contributed by atoms with van der Waals surface area (Å²) < 4.78 is 86.7. The monoisotopic (exact) mass is 490 g/mol. The molecular weight excluding hydrogens is 467 g/mol. The number of halogens is 1. The van der Waals surface area contributed by atoms with E-state index >= 15 is 0 Å². The Morgan fingerprint density at radius 1 is 1.03 bits per heavy atom. The van der Waals surface area contributed by atoms with Crippen LogP contribution in [0.3, 0.4) is 0 Å². The molecule has 0 bridgehead atoms. The Labute approximate surface area is 181 Å². The van der Waals surface area contributed by atoms with Gasteiger partial charge in [0, 0.05) is 6.04 Å². The Bertz CT molecular complexity index is 1290. The molecule has 0 amide bonds. The van der Waals surface area contributed by atoms with Gasteiger partial charge in [-0.1, -0.05) is 12.1 Å². The van der Waals surface area contributed by atoms with E-state index in [-0.39, 0.29) is 27.7 Å². The number of primary sulfonamides is 1. The number of sulfone groups is 2. The SMILES string of the molecule is Cc1cc(S(=O)(=O)C2CS(=O)(=O)CC2NCCc2ccc(S(N)(=O)=O)cc2)ccc1F. The number of hydrogen-bond acceptors (Lipinski definition) is 7. The highest BCUT2D eigenvalue weighted by Gasteiger charge is 2.45. The highest BCUT2D eigenvalue weighted by molar-refractivity contribution is 7.96. The van der Waals surface area contributed by atoms with E-state index in [4.69, 9.17) is 5.14 Å². The summed E-state index contributed by atoms with van der Waals surface area (Å²) in [4.78, 5) is -0.134. The zero-order valence-corrected chi connectivity index (χ0v) is 19.1. The summed E-state index contributed by atoms with van der Waals surface area (Å²) in [7, 11) is -11.4. The molecule has 1 saturated heterocycles. The number of hydrogen-bond donors (Lipinski definition) is 2. The molecule has 0 aromatic heterocycles. The van der Waals surface area contributed by atoms with Crippen LogP contribution >= 0.6 is 0 Å². The molecule has 2 aromatic carbocycles. The van der Waals surface area contributed by atoms with E-state index in [2.05, 4.69) is 5.32 Å². The Kier molecular flexibility index (Phi) is 6.59. The first-order chi connectivity index (χ1) is 14.3. The van der Waals surface area contributed by atoms with Gasteiger partial charge in [0.15, 0.2) is 19.7 Å². The molecule has 3 rings (SSSR count). The second-order valence-electron chi connectivity index (χ2n) is 7.57. The van der Waals surface area contributed by atoms with E-state index in [1.807, 2.05) is 0 Å². The zero-order chi connectivity index (χ0) is 23.0. The predicted molar refractivity (Wildman–Crippen MR) is 114 cm³/mol. The highest BCUT2D eigenvalue weighted by atomic mass is 32.2. The molecule has 0 radical (unpaired) electrons. The number of sulfonamides is 1. The van der Waals surface area contributed by atoms with Gasteiger partial charge in [0.25, 0.3) is 0 Å². The fourth-order valence-electron chi connectivity index (χ4n) is 3.53. The van der Waals surface area contributed by atoms with Crippen molar-refractivity contribution in [3.63, 3.8) is 0 Å². The molecule has 0 saturated carbocycles. The molecule has 1 heterocycles. The number of benzene rings is 2.